The lowest BCUT2D eigenvalue weighted by Gasteiger charge is -2.10. The highest BCUT2D eigenvalue weighted by atomic mass is 35.5. The molecule has 0 heterocycles. The minimum atomic E-state index is -0.613. The van der Waals surface area contributed by atoms with E-state index in [9.17, 15) is 4.79 Å². The van der Waals surface area contributed by atoms with Crippen LogP contribution in [0.2, 0.25) is 0 Å². The topological polar surface area (TPSA) is 52.3 Å². The van der Waals surface area contributed by atoms with Crippen LogP contribution in [0.1, 0.15) is 6.92 Å². The smallest absolute Gasteiger partial charge is 0.323 e. The van der Waals surface area contributed by atoms with Crippen LogP contribution in [0.15, 0.2) is 0 Å². The van der Waals surface area contributed by atoms with Crippen LogP contribution in [0.25, 0.3) is 0 Å². The zero-order chi connectivity index (χ0) is 7.44. The fraction of sp³-hybridized carbons (Fsp3) is 0.800. The Morgan fingerprint density at radius 1 is 1.70 bits per heavy atom. The number of carbonyl (C=O) groups is 1. The van der Waals surface area contributed by atoms with E-state index in [0.717, 1.165) is 0 Å². The zero-order valence-corrected chi connectivity index (χ0v) is 7.61. The van der Waals surface area contributed by atoms with Crippen LogP contribution < -0.4 is 5.73 Å². The van der Waals surface area contributed by atoms with Gasteiger partial charge in [-0.05, 0) is 0 Å². The SMILES string of the molecule is COC(=O)C(N)[C@H](C)S.Cl. The van der Waals surface area contributed by atoms with E-state index >= 15 is 0 Å². The van der Waals surface area contributed by atoms with Gasteiger partial charge in [-0.2, -0.15) is 12.6 Å². The summed E-state index contributed by atoms with van der Waals surface area (Å²) in [6, 6.07) is -0.613. The molecule has 2 N–H and O–H groups in total. The molecule has 0 aromatic rings. The van der Waals surface area contributed by atoms with Crippen LogP contribution in [0.5, 0.6) is 0 Å². The number of hydrogen-bond acceptors (Lipinski definition) is 4. The summed E-state index contributed by atoms with van der Waals surface area (Å²) in [6.45, 7) is 1.74. The molecular formula is C5H12ClNO2S. The third-order valence-corrected chi connectivity index (χ3v) is 1.31. The molecule has 0 aliphatic rings. The average molecular weight is 186 g/mol. The predicted octanol–water partition coefficient (Wildman–Crippen LogP) is 0.227. The van der Waals surface area contributed by atoms with Crippen LogP contribution in [0.4, 0.5) is 0 Å². The molecule has 0 aromatic heterocycles. The van der Waals surface area contributed by atoms with Crippen LogP contribution in [0.3, 0.4) is 0 Å². The van der Waals surface area contributed by atoms with Crippen LogP contribution in [0, 0.1) is 0 Å². The van der Waals surface area contributed by atoms with E-state index in [0.29, 0.717) is 0 Å². The van der Waals surface area contributed by atoms with Gasteiger partial charge in [-0.3, -0.25) is 4.79 Å². The first kappa shape index (κ1) is 12.7. The standard InChI is InChI=1S/C5H11NO2S.ClH/c1-3(9)4(6)5(7)8-2;/h3-4,9H,6H2,1-2H3;1H/t3-,4?;/m0./s1. The summed E-state index contributed by atoms with van der Waals surface area (Å²) in [5.41, 5.74) is 5.32. The molecule has 0 radical (unpaired) electrons. The molecule has 2 atom stereocenters. The molecule has 0 spiro atoms. The second-order valence-corrected chi connectivity index (χ2v) is 2.60. The van der Waals surface area contributed by atoms with Crippen molar-refractivity contribution in [2.24, 2.45) is 5.73 Å². The number of thiol groups is 1. The summed E-state index contributed by atoms with van der Waals surface area (Å²) in [6.07, 6.45) is 0. The van der Waals surface area contributed by atoms with Gasteiger partial charge >= 0.3 is 5.97 Å². The maximum absolute atomic E-state index is 10.6. The van der Waals surface area contributed by atoms with E-state index in [1.165, 1.54) is 7.11 Å². The number of hydrogen-bond donors (Lipinski definition) is 2. The highest BCUT2D eigenvalue weighted by Crippen LogP contribution is 1.98. The first-order valence-electron chi connectivity index (χ1n) is 2.61. The van der Waals surface area contributed by atoms with Crippen molar-refractivity contribution in [2.45, 2.75) is 18.2 Å². The van der Waals surface area contributed by atoms with Crippen molar-refractivity contribution < 1.29 is 9.53 Å². The lowest BCUT2D eigenvalue weighted by atomic mass is 10.2. The van der Waals surface area contributed by atoms with Crippen molar-refractivity contribution in [2.75, 3.05) is 7.11 Å². The summed E-state index contributed by atoms with van der Waals surface area (Å²) in [7, 11) is 1.30. The van der Waals surface area contributed by atoms with Crippen molar-refractivity contribution >= 4 is 31.0 Å². The predicted molar refractivity (Wildman–Crippen MR) is 45.7 cm³/mol. The fourth-order valence-electron chi connectivity index (χ4n) is 0.333. The lowest BCUT2D eigenvalue weighted by molar-refractivity contribution is -0.142. The van der Waals surface area contributed by atoms with Gasteiger partial charge in [-0.1, -0.05) is 6.92 Å². The molecule has 3 nitrogen and oxygen atoms in total. The normalized spacial score (nSPS) is 14.8. The Kier molecular flexibility index (Phi) is 7.41. The van der Waals surface area contributed by atoms with E-state index in [-0.39, 0.29) is 17.7 Å². The Bertz CT molecular complexity index is 110. The number of ether oxygens (including phenoxy) is 1. The summed E-state index contributed by atoms with van der Waals surface area (Å²) < 4.78 is 4.36. The summed E-state index contributed by atoms with van der Waals surface area (Å²) in [4.78, 5) is 10.6. The van der Waals surface area contributed by atoms with Crippen molar-refractivity contribution in [3.8, 4) is 0 Å². The molecule has 0 rings (SSSR count). The Morgan fingerprint density at radius 3 is 2.20 bits per heavy atom. The summed E-state index contributed by atoms with van der Waals surface area (Å²) in [5.74, 6) is -0.419. The summed E-state index contributed by atoms with van der Waals surface area (Å²) >= 11 is 3.96. The molecule has 0 aliphatic carbocycles. The highest BCUT2D eigenvalue weighted by Gasteiger charge is 2.17. The third-order valence-electron chi connectivity index (χ3n) is 0.993. The monoisotopic (exact) mass is 185 g/mol. The van der Waals surface area contributed by atoms with E-state index in [2.05, 4.69) is 17.4 Å². The van der Waals surface area contributed by atoms with Crippen molar-refractivity contribution in [1.82, 2.24) is 0 Å². The molecule has 0 amide bonds. The first-order valence-corrected chi connectivity index (χ1v) is 3.12. The van der Waals surface area contributed by atoms with Crippen LogP contribution in [-0.4, -0.2) is 24.4 Å². The average Bonchev–Trinajstić information content (AvgIpc) is 1.84. The molecule has 0 aromatic carbocycles. The number of carbonyl (C=O) groups excluding carboxylic acids is 1. The van der Waals surface area contributed by atoms with E-state index < -0.39 is 12.0 Å². The molecule has 10 heavy (non-hydrogen) atoms. The number of nitrogens with two attached hydrogens (primary N) is 1. The molecule has 5 heteroatoms. The number of rotatable bonds is 2. The molecule has 0 aliphatic heterocycles. The third kappa shape index (κ3) is 3.98. The van der Waals surface area contributed by atoms with Gasteiger partial charge in [0.25, 0.3) is 0 Å². The molecule has 0 fully saturated rings. The Hall–Kier alpha value is 0.0700. The van der Waals surface area contributed by atoms with Gasteiger partial charge in [-0.25, -0.2) is 0 Å². The van der Waals surface area contributed by atoms with E-state index in [1.807, 2.05) is 0 Å². The van der Waals surface area contributed by atoms with Crippen LogP contribution in [-0.2, 0) is 9.53 Å². The van der Waals surface area contributed by atoms with Gasteiger partial charge in [-0.15, -0.1) is 12.4 Å². The molecule has 0 saturated heterocycles. The molecule has 0 bridgehead atoms. The Morgan fingerprint density at radius 2 is 2.10 bits per heavy atom. The lowest BCUT2D eigenvalue weighted by Crippen LogP contribution is -2.38. The Labute approximate surface area is 72.1 Å². The number of methoxy groups -OCH3 is 1. The van der Waals surface area contributed by atoms with Gasteiger partial charge in [0.05, 0.1) is 7.11 Å². The number of halogens is 1. The zero-order valence-electron chi connectivity index (χ0n) is 5.90. The van der Waals surface area contributed by atoms with Gasteiger partial charge in [0.15, 0.2) is 0 Å². The molecule has 1 unspecified atom stereocenters. The Balaban J connectivity index is 0. The second-order valence-electron chi connectivity index (χ2n) is 1.79. The van der Waals surface area contributed by atoms with Crippen molar-refractivity contribution in [1.29, 1.82) is 0 Å². The second kappa shape index (κ2) is 5.82. The van der Waals surface area contributed by atoms with Crippen molar-refractivity contribution in [3.63, 3.8) is 0 Å². The molecule has 0 saturated carbocycles. The van der Waals surface area contributed by atoms with E-state index in [4.69, 9.17) is 5.73 Å². The highest BCUT2D eigenvalue weighted by molar-refractivity contribution is 7.81. The minimum Gasteiger partial charge on any atom is -0.468 e. The van der Waals surface area contributed by atoms with Crippen molar-refractivity contribution in [3.05, 3.63) is 0 Å². The minimum absolute atomic E-state index is 0. The van der Waals surface area contributed by atoms with Gasteiger partial charge in [0, 0.05) is 5.25 Å². The van der Waals surface area contributed by atoms with Gasteiger partial charge < -0.3 is 10.5 Å². The largest absolute Gasteiger partial charge is 0.468 e. The van der Waals surface area contributed by atoms with Crippen LogP contribution >= 0.6 is 25.0 Å². The van der Waals surface area contributed by atoms with Gasteiger partial charge in [0.2, 0.25) is 0 Å². The maximum atomic E-state index is 10.6. The maximum Gasteiger partial charge on any atom is 0.323 e. The quantitative estimate of drug-likeness (QED) is 0.478. The summed E-state index contributed by atoms with van der Waals surface area (Å²) in [5, 5.41) is -0.155. The fourth-order valence-corrected chi connectivity index (χ4v) is 0.455. The molecule has 62 valence electrons. The molecular weight excluding hydrogens is 174 g/mol. The van der Waals surface area contributed by atoms with Gasteiger partial charge in [0.1, 0.15) is 6.04 Å². The van der Waals surface area contributed by atoms with E-state index in [1.54, 1.807) is 6.92 Å². The first-order chi connectivity index (χ1) is 4.09. The number of esters is 1.